The molecule has 0 N–H and O–H groups in total. The molecule has 0 aliphatic carbocycles. The third kappa shape index (κ3) is 3.63. The number of aliphatic imine (C=N–C) groups is 2. The summed E-state index contributed by atoms with van der Waals surface area (Å²) in [5.41, 5.74) is 3.20. The summed E-state index contributed by atoms with van der Waals surface area (Å²) in [6.45, 7) is 15.1. The molecule has 3 heteroatoms. The fraction of sp³-hybridized carbons (Fsp3) is 0.0476. The van der Waals surface area contributed by atoms with Crippen LogP contribution in [0.1, 0.15) is 5.56 Å². The lowest BCUT2D eigenvalue weighted by Crippen LogP contribution is -2.18. The molecule has 0 aromatic heterocycles. The van der Waals surface area contributed by atoms with Gasteiger partial charge in [0.25, 0.3) is 0 Å². The maximum Gasteiger partial charge on any atom is 0.155 e. The molecule has 1 atom stereocenters. The average molecular weight is 318 g/mol. The first-order chi connectivity index (χ1) is 11.6. The van der Waals surface area contributed by atoms with Gasteiger partial charge in [0.15, 0.2) is 5.84 Å². The predicted molar refractivity (Wildman–Crippen MR) is 101 cm³/mol. The Bertz CT molecular complexity index is 790. The first-order valence-corrected chi connectivity index (χ1v) is 7.47. The first kappa shape index (κ1) is 17.3. The zero-order valence-electron chi connectivity index (χ0n) is 13.5. The number of hydrogen-bond donors (Lipinski definition) is 0. The molecule has 0 radical (unpaired) electrons. The van der Waals surface area contributed by atoms with E-state index >= 15 is 0 Å². The smallest absolute Gasteiger partial charge is 0.155 e. The minimum Gasteiger partial charge on any atom is -0.251 e. The highest BCUT2D eigenvalue weighted by molar-refractivity contribution is 6.20. The van der Waals surface area contributed by atoms with Crippen LogP contribution in [0.2, 0.25) is 0 Å². The van der Waals surface area contributed by atoms with Crippen molar-refractivity contribution < 1.29 is 4.39 Å². The van der Waals surface area contributed by atoms with E-state index in [2.05, 4.69) is 31.3 Å². The quantitative estimate of drug-likeness (QED) is 0.633. The summed E-state index contributed by atoms with van der Waals surface area (Å²) >= 11 is 0. The molecular formula is C21H19FN2. The molecular weight excluding hydrogens is 299 g/mol. The Balaban J connectivity index is 2.56. The van der Waals surface area contributed by atoms with Crippen LogP contribution in [0.5, 0.6) is 0 Å². The third-order valence-corrected chi connectivity index (χ3v) is 3.51. The summed E-state index contributed by atoms with van der Waals surface area (Å²) in [4.78, 5) is 9.33. The second-order valence-corrected chi connectivity index (χ2v) is 5.03. The van der Waals surface area contributed by atoms with Crippen molar-refractivity contribution in [2.45, 2.75) is 6.04 Å². The Kier molecular flexibility index (Phi) is 5.74. The van der Waals surface area contributed by atoms with Crippen molar-refractivity contribution in [2.24, 2.45) is 9.98 Å². The zero-order chi connectivity index (χ0) is 17.5. The second-order valence-electron chi connectivity index (χ2n) is 5.03. The standard InChI is InChI=1S/C21H19FN2/c1-5-9-15(7-3)19-20(16(8-4)10-6-2)24-21(23-19)17-11-13-18(22)14-12-17/h5-14,19H,1-4H2/b15-9+,16-10+. The normalized spacial score (nSPS) is 17.8. The molecule has 1 unspecified atom stereocenters. The van der Waals surface area contributed by atoms with Crippen molar-refractivity contribution in [3.8, 4) is 0 Å². The van der Waals surface area contributed by atoms with Gasteiger partial charge in [-0.25, -0.2) is 9.38 Å². The summed E-state index contributed by atoms with van der Waals surface area (Å²) < 4.78 is 13.2. The van der Waals surface area contributed by atoms with Crippen LogP contribution in [-0.2, 0) is 0 Å². The summed E-state index contributed by atoms with van der Waals surface area (Å²) in [6, 6.07) is 5.79. The van der Waals surface area contributed by atoms with E-state index in [1.54, 1.807) is 36.4 Å². The lowest BCUT2D eigenvalue weighted by molar-refractivity contribution is 0.628. The van der Waals surface area contributed by atoms with Crippen molar-refractivity contribution in [3.05, 3.63) is 110 Å². The third-order valence-electron chi connectivity index (χ3n) is 3.51. The van der Waals surface area contributed by atoms with Crippen molar-refractivity contribution in [1.82, 2.24) is 0 Å². The molecule has 1 heterocycles. The maximum absolute atomic E-state index is 13.2. The number of nitrogens with zero attached hydrogens (tertiary/aromatic N) is 2. The molecule has 0 spiro atoms. The molecule has 1 aliphatic rings. The highest BCUT2D eigenvalue weighted by atomic mass is 19.1. The molecule has 0 bridgehead atoms. The number of rotatable bonds is 7. The van der Waals surface area contributed by atoms with E-state index in [0.717, 1.165) is 22.4 Å². The van der Waals surface area contributed by atoms with E-state index in [1.807, 2.05) is 12.2 Å². The van der Waals surface area contributed by atoms with Crippen molar-refractivity contribution in [3.63, 3.8) is 0 Å². The van der Waals surface area contributed by atoms with Crippen molar-refractivity contribution in [2.75, 3.05) is 0 Å². The van der Waals surface area contributed by atoms with Crippen LogP contribution >= 0.6 is 0 Å². The summed E-state index contributed by atoms with van der Waals surface area (Å²) in [6.07, 6.45) is 10.5. The van der Waals surface area contributed by atoms with Crippen LogP contribution in [0, 0.1) is 5.82 Å². The van der Waals surface area contributed by atoms with E-state index in [0.29, 0.717) is 5.84 Å². The van der Waals surface area contributed by atoms with E-state index in [-0.39, 0.29) is 11.9 Å². The van der Waals surface area contributed by atoms with Crippen LogP contribution in [0.25, 0.3) is 0 Å². The van der Waals surface area contributed by atoms with Gasteiger partial charge in [-0.05, 0) is 35.4 Å². The lowest BCUT2D eigenvalue weighted by Gasteiger charge is -2.12. The van der Waals surface area contributed by atoms with Crippen LogP contribution < -0.4 is 0 Å². The highest BCUT2D eigenvalue weighted by Gasteiger charge is 2.27. The Labute approximate surface area is 142 Å². The van der Waals surface area contributed by atoms with Crippen LogP contribution in [0.4, 0.5) is 4.39 Å². The second kappa shape index (κ2) is 7.97. The van der Waals surface area contributed by atoms with Gasteiger partial charge in [-0.1, -0.05) is 62.8 Å². The van der Waals surface area contributed by atoms with Gasteiger partial charge in [0.2, 0.25) is 0 Å². The number of halogens is 1. The van der Waals surface area contributed by atoms with E-state index in [1.165, 1.54) is 12.1 Å². The summed E-state index contributed by atoms with van der Waals surface area (Å²) in [5, 5.41) is 0. The largest absolute Gasteiger partial charge is 0.251 e. The Hall–Kier alpha value is -3.07. The fourth-order valence-electron chi connectivity index (χ4n) is 2.37. The van der Waals surface area contributed by atoms with Gasteiger partial charge in [-0.2, -0.15) is 0 Å². The molecule has 2 nitrogen and oxygen atoms in total. The number of benzene rings is 1. The van der Waals surface area contributed by atoms with E-state index < -0.39 is 0 Å². The maximum atomic E-state index is 13.2. The van der Waals surface area contributed by atoms with Gasteiger partial charge in [-0.15, -0.1) is 0 Å². The van der Waals surface area contributed by atoms with Gasteiger partial charge in [0.05, 0.1) is 5.71 Å². The van der Waals surface area contributed by atoms with E-state index in [4.69, 9.17) is 4.99 Å². The van der Waals surface area contributed by atoms with Gasteiger partial charge < -0.3 is 0 Å². The Morgan fingerprint density at radius 2 is 1.62 bits per heavy atom. The van der Waals surface area contributed by atoms with Crippen LogP contribution in [0.3, 0.4) is 0 Å². The van der Waals surface area contributed by atoms with Crippen molar-refractivity contribution in [1.29, 1.82) is 0 Å². The monoisotopic (exact) mass is 318 g/mol. The van der Waals surface area contributed by atoms with Gasteiger partial charge >= 0.3 is 0 Å². The first-order valence-electron chi connectivity index (χ1n) is 7.47. The molecule has 1 aromatic carbocycles. The minimum atomic E-state index is -0.315. The topological polar surface area (TPSA) is 24.7 Å². The molecule has 2 rings (SSSR count). The summed E-state index contributed by atoms with van der Waals surface area (Å²) in [7, 11) is 0. The molecule has 1 aliphatic heterocycles. The average Bonchev–Trinajstić information content (AvgIpc) is 3.03. The van der Waals surface area contributed by atoms with Crippen LogP contribution in [0.15, 0.2) is 108 Å². The fourth-order valence-corrected chi connectivity index (χ4v) is 2.37. The van der Waals surface area contributed by atoms with Gasteiger partial charge in [0.1, 0.15) is 11.9 Å². The Morgan fingerprint density at radius 1 is 0.958 bits per heavy atom. The minimum absolute atomic E-state index is 0.297. The zero-order valence-corrected chi connectivity index (χ0v) is 13.5. The van der Waals surface area contributed by atoms with Crippen LogP contribution in [-0.4, -0.2) is 17.6 Å². The Morgan fingerprint density at radius 3 is 2.17 bits per heavy atom. The summed E-state index contributed by atoms with van der Waals surface area (Å²) in [5.74, 6) is 0.249. The molecule has 0 amide bonds. The number of allylic oxidation sites excluding steroid dienone is 5. The molecule has 0 saturated carbocycles. The predicted octanol–water partition coefficient (Wildman–Crippen LogP) is 4.99. The SMILES string of the molecule is C=C/C=C(\C=C)C1=NC(c2ccc(F)cc2)=NC1/C(C=C)=C/C=C. The molecule has 120 valence electrons. The van der Waals surface area contributed by atoms with Gasteiger partial charge in [-0.3, -0.25) is 4.99 Å². The molecule has 1 aromatic rings. The molecule has 0 saturated heterocycles. The molecule has 0 fully saturated rings. The number of hydrogen-bond acceptors (Lipinski definition) is 2. The molecule has 24 heavy (non-hydrogen) atoms. The van der Waals surface area contributed by atoms with Gasteiger partial charge in [0, 0.05) is 5.56 Å². The number of amidine groups is 1. The lowest BCUT2D eigenvalue weighted by atomic mass is 9.96. The van der Waals surface area contributed by atoms with Crippen molar-refractivity contribution >= 4 is 11.5 Å². The highest BCUT2D eigenvalue weighted by Crippen LogP contribution is 2.24. The van der Waals surface area contributed by atoms with E-state index in [9.17, 15) is 4.39 Å².